The molecule has 0 saturated heterocycles. The third-order valence-corrected chi connectivity index (χ3v) is 2.43. The van der Waals surface area contributed by atoms with Gasteiger partial charge in [-0.25, -0.2) is 0 Å². The second-order valence-electron chi connectivity index (χ2n) is 3.89. The molecule has 1 aromatic rings. The predicted octanol–water partition coefficient (Wildman–Crippen LogP) is 2.05. The molecule has 0 aliphatic heterocycles. The number of aryl methyl sites for hydroxylation is 2. The Morgan fingerprint density at radius 2 is 2.06 bits per heavy atom. The Morgan fingerprint density at radius 3 is 2.69 bits per heavy atom. The summed E-state index contributed by atoms with van der Waals surface area (Å²) in [7, 11) is 0. The van der Waals surface area contributed by atoms with Crippen molar-refractivity contribution in [1.29, 1.82) is 0 Å². The average Bonchev–Trinajstić information content (AvgIpc) is 2.28. The standard InChI is InChI=1S/C13H21NO2/c1-4-15-12(8-14)9-16-13-7-10(2)5-6-11(13)3/h5-7,12H,4,8-9,14H2,1-3H3. The molecule has 2 N–H and O–H groups in total. The smallest absolute Gasteiger partial charge is 0.122 e. The molecule has 0 heterocycles. The minimum atomic E-state index is -0.0232. The number of rotatable bonds is 6. The molecule has 0 spiro atoms. The molecular weight excluding hydrogens is 202 g/mol. The van der Waals surface area contributed by atoms with E-state index in [1.54, 1.807) is 0 Å². The van der Waals surface area contributed by atoms with Gasteiger partial charge in [-0.2, -0.15) is 0 Å². The monoisotopic (exact) mass is 223 g/mol. The van der Waals surface area contributed by atoms with Crippen LogP contribution in [0.25, 0.3) is 0 Å². The molecule has 0 aliphatic rings. The van der Waals surface area contributed by atoms with Gasteiger partial charge in [0.15, 0.2) is 0 Å². The van der Waals surface area contributed by atoms with Gasteiger partial charge in [0.25, 0.3) is 0 Å². The van der Waals surface area contributed by atoms with E-state index < -0.39 is 0 Å². The molecule has 90 valence electrons. The maximum absolute atomic E-state index is 5.72. The van der Waals surface area contributed by atoms with Crippen LogP contribution in [0.4, 0.5) is 0 Å². The molecule has 1 atom stereocenters. The molecule has 0 amide bonds. The first-order valence-corrected chi connectivity index (χ1v) is 5.69. The summed E-state index contributed by atoms with van der Waals surface area (Å²) in [6.07, 6.45) is -0.0232. The van der Waals surface area contributed by atoms with Crippen LogP contribution < -0.4 is 10.5 Å². The summed E-state index contributed by atoms with van der Waals surface area (Å²) in [5.41, 5.74) is 7.92. The minimum absolute atomic E-state index is 0.0232. The summed E-state index contributed by atoms with van der Waals surface area (Å²) in [5, 5.41) is 0. The van der Waals surface area contributed by atoms with Crippen LogP contribution in [0.3, 0.4) is 0 Å². The minimum Gasteiger partial charge on any atom is -0.491 e. The van der Waals surface area contributed by atoms with E-state index in [9.17, 15) is 0 Å². The summed E-state index contributed by atoms with van der Waals surface area (Å²) < 4.78 is 11.2. The lowest BCUT2D eigenvalue weighted by Crippen LogP contribution is -2.30. The Hall–Kier alpha value is -1.06. The van der Waals surface area contributed by atoms with E-state index in [0.29, 0.717) is 19.8 Å². The lowest BCUT2D eigenvalue weighted by atomic mass is 10.1. The zero-order valence-electron chi connectivity index (χ0n) is 10.3. The quantitative estimate of drug-likeness (QED) is 0.802. The maximum atomic E-state index is 5.72. The van der Waals surface area contributed by atoms with Crippen molar-refractivity contribution in [2.75, 3.05) is 19.8 Å². The van der Waals surface area contributed by atoms with Gasteiger partial charge >= 0.3 is 0 Å². The molecule has 16 heavy (non-hydrogen) atoms. The van der Waals surface area contributed by atoms with Crippen LogP contribution in [0.1, 0.15) is 18.1 Å². The molecule has 0 bridgehead atoms. The molecule has 0 aliphatic carbocycles. The first-order chi connectivity index (χ1) is 7.67. The Kier molecular flexibility index (Phi) is 5.29. The summed E-state index contributed by atoms with van der Waals surface area (Å²) in [6, 6.07) is 6.17. The van der Waals surface area contributed by atoms with Crippen LogP contribution in [0.15, 0.2) is 18.2 Å². The van der Waals surface area contributed by atoms with Crippen molar-refractivity contribution in [3.05, 3.63) is 29.3 Å². The zero-order valence-corrected chi connectivity index (χ0v) is 10.3. The van der Waals surface area contributed by atoms with Gasteiger partial charge in [-0.05, 0) is 38.0 Å². The number of hydrogen-bond donors (Lipinski definition) is 1. The van der Waals surface area contributed by atoms with E-state index in [1.807, 2.05) is 19.9 Å². The molecule has 3 nitrogen and oxygen atoms in total. The topological polar surface area (TPSA) is 44.5 Å². The lowest BCUT2D eigenvalue weighted by Gasteiger charge is -2.17. The fourth-order valence-electron chi connectivity index (χ4n) is 1.47. The number of benzene rings is 1. The van der Waals surface area contributed by atoms with Crippen LogP contribution in [0.5, 0.6) is 5.75 Å². The van der Waals surface area contributed by atoms with E-state index in [2.05, 4.69) is 19.1 Å². The molecule has 0 aromatic heterocycles. The van der Waals surface area contributed by atoms with Gasteiger partial charge < -0.3 is 15.2 Å². The van der Waals surface area contributed by atoms with Crippen molar-refractivity contribution in [2.24, 2.45) is 5.73 Å². The number of hydrogen-bond acceptors (Lipinski definition) is 3. The van der Waals surface area contributed by atoms with E-state index in [0.717, 1.165) is 11.3 Å². The van der Waals surface area contributed by atoms with E-state index in [-0.39, 0.29) is 6.10 Å². The van der Waals surface area contributed by atoms with Crippen molar-refractivity contribution in [3.8, 4) is 5.75 Å². The highest BCUT2D eigenvalue weighted by atomic mass is 16.5. The third-order valence-electron chi connectivity index (χ3n) is 2.43. The van der Waals surface area contributed by atoms with Crippen LogP contribution in [0, 0.1) is 13.8 Å². The molecule has 1 unspecified atom stereocenters. The Labute approximate surface area is 97.6 Å². The van der Waals surface area contributed by atoms with Gasteiger partial charge in [-0.15, -0.1) is 0 Å². The van der Waals surface area contributed by atoms with E-state index >= 15 is 0 Å². The van der Waals surface area contributed by atoms with Crippen LogP contribution >= 0.6 is 0 Å². The van der Waals surface area contributed by atoms with Gasteiger partial charge in [-0.1, -0.05) is 12.1 Å². The zero-order chi connectivity index (χ0) is 12.0. The van der Waals surface area contributed by atoms with Gasteiger partial charge in [0.2, 0.25) is 0 Å². The predicted molar refractivity (Wildman–Crippen MR) is 65.9 cm³/mol. The summed E-state index contributed by atoms with van der Waals surface area (Å²) >= 11 is 0. The second kappa shape index (κ2) is 6.51. The summed E-state index contributed by atoms with van der Waals surface area (Å²) in [4.78, 5) is 0. The molecule has 1 aromatic carbocycles. The first kappa shape index (κ1) is 13.0. The van der Waals surface area contributed by atoms with Gasteiger partial charge in [0.1, 0.15) is 18.5 Å². The molecule has 1 rings (SSSR count). The molecule has 0 fully saturated rings. The second-order valence-corrected chi connectivity index (χ2v) is 3.89. The highest BCUT2D eigenvalue weighted by Gasteiger charge is 2.08. The lowest BCUT2D eigenvalue weighted by molar-refractivity contribution is 0.0335. The molecular formula is C13H21NO2. The summed E-state index contributed by atoms with van der Waals surface area (Å²) in [6.45, 7) is 7.70. The van der Waals surface area contributed by atoms with Gasteiger partial charge in [0, 0.05) is 13.2 Å². The number of ether oxygens (including phenoxy) is 2. The highest BCUT2D eigenvalue weighted by Crippen LogP contribution is 2.19. The largest absolute Gasteiger partial charge is 0.491 e. The van der Waals surface area contributed by atoms with Crippen molar-refractivity contribution in [2.45, 2.75) is 26.9 Å². The Balaban J connectivity index is 2.55. The fraction of sp³-hybridized carbons (Fsp3) is 0.538. The van der Waals surface area contributed by atoms with Crippen LogP contribution in [-0.2, 0) is 4.74 Å². The number of nitrogens with two attached hydrogens (primary N) is 1. The van der Waals surface area contributed by atoms with Crippen LogP contribution in [0.2, 0.25) is 0 Å². The van der Waals surface area contributed by atoms with E-state index in [4.69, 9.17) is 15.2 Å². The van der Waals surface area contributed by atoms with Gasteiger partial charge in [-0.3, -0.25) is 0 Å². The molecule has 0 radical (unpaired) electrons. The van der Waals surface area contributed by atoms with Crippen molar-refractivity contribution in [1.82, 2.24) is 0 Å². The van der Waals surface area contributed by atoms with Crippen molar-refractivity contribution < 1.29 is 9.47 Å². The Bertz CT molecular complexity index is 326. The highest BCUT2D eigenvalue weighted by molar-refractivity contribution is 5.35. The summed E-state index contributed by atoms with van der Waals surface area (Å²) in [5.74, 6) is 0.915. The van der Waals surface area contributed by atoms with Gasteiger partial charge in [0.05, 0.1) is 0 Å². The average molecular weight is 223 g/mol. The normalized spacial score (nSPS) is 12.5. The third kappa shape index (κ3) is 3.83. The Morgan fingerprint density at radius 1 is 1.31 bits per heavy atom. The fourth-order valence-corrected chi connectivity index (χ4v) is 1.47. The first-order valence-electron chi connectivity index (χ1n) is 5.69. The van der Waals surface area contributed by atoms with E-state index in [1.165, 1.54) is 5.56 Å². The van der Waals surface area contributed by atoms with Crippen LogP contribution in [-0.4, -0.2) is 25.9 Å². The molecule has 3 heteroatoms. The SMILES string of the molecule is CCOC(CN)COc1cc(C)ccc1C. The van der Waals surface area contributed by atoms with Crippen molar-refractivity contribution >= 4 is 0 Å². The maximum Gasteiger partial charge on any atom is 0.122 e. The molecule has 0 saturated carbocycles. The van der Waals surface area contributed by atoms with Crippen molar-refractivity contribution in [3.63, 3.8) is 0 Å².